The van der Waals surface area contributed by atoms with Crippen molar-refractivity contribution >= 4 is 10.9 Å². The van der Waals surface area contributed by atoms with E-state index < -0.39 is 0 Å². The third-order valence-corrected chi connectivity index (χ3v) is 3.88. The maximum Gasteiger partial charge on any atom is 0.0483 e. The summed E-state index contributed by atoms with van der Waals surface area (Å²) in [4.78, 5) is 0. The summed E-state index contributed by atoms with van der Waals surface area (Å²) in [5, 5.41) is 1.33. The number of hydrogen-bond acceptors (Lipinski definition) is 1. The van der Waals surface area contributed by atoms with Gasteiger partial charge in [-0.15, -0.1) is 0 Å². The summed E-state index contributed by atoms with van der Waals surface area (Å²) in [6.07, 6.45) is 5.68. The van der Waals surface area contributed by atoms with E-state index in [1.165, 1.54) is 29.3 Å². The molecule has 0 aliphatic rings. The van der Waals surface area contributed by atoms with Crippen LogP contribution < -0.4 is 5.73 Å². The van der Waals surface area contributed by atoms with Gasteiger partial charge in [0.2, 0.25) is 0 Å². The zero-order valence-corrected chi connectivity index (χ0v) is 11.5. The number of nitrogens with zero attached hydrogens (tertiary/aromatic N) is 1. The fourth-order valence-electron chi connectivity index (χ4n) is 2.54. The summed E-state index contributed by atoms with van der Waals surface area (Å²) in [5.74, 6) is 0.777. The first-order chi connectivity index (χ1) is 8.78. The Morgan fingerprint density at radius 3 is 2.61 bits per heavy atom. The van der Waals surface area contributed by atoms with Crippen molar-refractivity contribution in [3.63, 3.8) is 0 Å². The van der Waals surface area contributed by atoms with Crippen LogP contribution in [0.1, 0.15) is 32.3 Å². The van der Waals surface area contributed by atoms with Crippen molar-refractivity contribution in [1.82, 2.24) is 4.57 Å². The first kappa shape index (κ1) is 13.2. The van der Waals surface area contributed by atoms with Crippen LogP contribution in [0.25, 0.3) is 10.9 Å². The Bertz CT molecular complexity index is 495. The van der Waals surface area contributed by atoms with E-state index in [1.54, 1.807) is 0 Å². The predicted octanol–water partition coefficient (Wildman–Crippen LogP) is 3.58. The molecule has 0 aliphatic heterocycles. The van der Waals surface area contributed by atoms with E-state index in [0.717, 1.165) is 25.4 Å². The molecule has 98 valence electrons. The molecule has 0 aliphatic carbocycles. The Hall–Kier alpha value is -1.28. The van der Waals surface area contributed by atoms with E-state index in [2.05, 4.69) is 48.9 Å². The third kappa shape index (κ3) is 2.75. The number of aromatic nitrogens is 1. The largest absolute Gasteiger partial charge is 0.347 e. The average molecular weight is 244 g/mol. The number of hydrogen-bond donors (Lipinski definition) is 1. The lowest BCUT2D eigenvalue weighted by Crippen LogP contribution is -2.08. The molecule has 0 atom stereocenters. The molecule has 0 amide bonds. The van der Waals surface area contributed by atoms with Crippen LogP contribution in [-0.2, 0) is 13.0 Å². The summed E-state index contributed by atoms with van der Waals surface area (Å²) in [5.41, 5.74) is 8.33. The molecule has 2 aromatic rings. The van der Waals surface area contributed by atoms with Gasteiger partial charge in [-0.25, -0.2) is 0 Å². The quantitative estimate of drug-likeness (QED) is 0.827. The molecule has 0 saturated carbocycles. The van der Waals surface area contributed by atoms with Gasteiger partial charge in [0, 0.05) is 18.3 Å². The highest BCUT2D eigenvalue weighted by Crippen LogP contribution is 2.21. The predicted molar refractivity (Wildman–Crippen MR) is 78.8 cm³/mol. The van der Waals surface area contributed by atoms with Crippen molar-refractivity contribution in [3.8, 4) is 0 Å². The summed E-state index contributed by atoms with van der Waals surface area (Å²) in [6.45, 7) is 6.40. The van der Waals surface area contributed by atoms with E-state index in [1.807, 2.05) is 0 Å². The molecule has 18 heavy (non-hydrogen) atoms. The molecular formula is C16H24N2. The standard InChI is InChI=1S/C16H24N2/c1-3-13(4-2)12-18-10-8-15-6-5-14(7-9-17)11-16(15)18/h5-6,8,10-11,13H,3-4,7,9,12,17H2,1-2H3. The van der Waals surface area contributed by atoms with Gasteiger partial charge in [0.25, 0.3) is 0 Å². The molecule has 1 aromatic heterocycles. The molecule has 0 spiro atoms. The van der Waals surface area contributed by atoms with Crippen LogP contribution >= 0.6 is 0 Å². The minimum atomic E-state index is 0.721. The zero-order valence-electron chi connectivity index (χ0n) is 11.5. The topological polar surface area (TPSA) is 30.9 Å². The SMILES string of the molecule is CCC(CC)Cn1ccc2ccc(CCN)cc21. The molecule has 1 heterocycles. The first-order valence-corrected chi connectivity index (χ1v) is 7.06. The molecule has 2 rings (SSSR count). The zero-order chi connectivity index (χ0) is 13.0. The van der Waals surface area contributed by atoms with E-state index >= 15 is 0 Å². The van der Waals surface area contributed by atoms with Crippen LogP contribution in [0, 0.1) is 5.92 Å². The van der Waals surface area contributed by atoms with Crippen LogP contribution in [0.4, 0.5) is 0 Å². The summed E-state index contributed by atoms with van der Waals surface area (Å²) < 4.78 is 2.40. The van der Waals surface area contributed by atoms with Gasteiger partial charge in [0.15, 0.2) is 0 Å². The number of fused-ring (bicyclic) bond motifs is 1. The average Bonchev–Trinajstić information content (AvgIpc) is 2.79. The van der Waals surface area contributed by atoms with Crippen molar-refractivity contribution in [2.45, 2.75) is 39.7 Å². The van der Waals surface area contributed by atoms with Crippen molar-refractivity contribution < 1.29 is 0 Å². The monoisotopic (exact) mass is 244 g/mol. The van der Waals surface area contributed by atoms with Gasteiger partial charge in [0.1, 0.15) is 0 Å². The van der Waals surface area contributed by atoms with Gasteiger partial charge in [-0.2, -0.15) is 0 Å². The Kier molecular flexibility index (Phi) is 4.43. The highest BCUT2D eigenvalue weighted by molar-refractivity contribution is 5.80. The van der Waals surface area contributed by atoms with E-state index in [4.69, 9.17) is 5.73 Å². The summed E-state index contributed by atoms with van der Waals surface area (Å²) in [6, 6.07) is 8.91. The van der Waals surface area contributed by atoms with Gasteiger partial charge in [-0.3, -0.25) is 0 Å². The smallest absolute Gasteiger partial charge is 0.0483 e. The Morgan fingerprint density at radius 1 is 1.17 bits per heavy atom. The molecular weight excluding hydrogens is 220 g/mol. The molecule has 0 bridgehead atoms. The Labute approximate surface area is 110 Å². The second-order valence-corrected chi connectivity index (χ2v) is 5.08. The van der Waals surface area contributed by atoms with Crippen molar-refractivity contribution in [3.05, 3.63) is 36.0 Å². The van der Waals surface area contributed by atoms with Crippen molar-refractivity contribution in [2.75, 3.05) is 6.54 Å². The van der Waals surface area contributed by atoms with Gasteiger partial charge in [0.05, 0.1) is 0 Å². The minimum absolute atomic E-state index is 0.721. The fraction of sp³-hybridized carbons (Fsp3) is 0.500. The van der Waals surface area contributed by atoms with E-state index in [9.17, 15) is 0 Å². The second-order valence-electron chi connectivity index (χ2n) is 5.08. The first-order valence-electron chi connectivity index (χ1n) is 7.06. The molecule has 0 unspecified atom stereocenters. The Balaban J connectivity index is 2.29. The minimum Gasteiger partial charge on any atom is -0.347 e. The lowest BCUT2D eigenvalue weighted by Gasteiger charge is -2.14. The summed E-state index contributed by atoms with van der Waals surface area (Å²) >= 11 is 0. The highest BCUT2D eigenvalue weighted by atomic mass is 15.0. The van der Waals surface area contributed by atoms with Crippen LogP contribution in [0.5, 0.6) is 0 Å². The van der Waals surface area contributed by atoms with Crippen LogP contribution in [0.2, 0.25) is 0 Å². The van der Waals surface area contributed by atoms with Crippen LogP contribution in [0.3, 0.4) is 0 Å². The van der Waals surface area contributed by atoms with Gasteiger partial charge < -0.3 is 10.3 Å². The van der Waals surface area contributed by atoms with Gasteiger partial charge in [-0.1, -0.05) is 38.8 Å². The highest BCUT2D eigenvalue weighted by Gasteiger charge is 2.07. The lowest BCUT2D eigenvalue weighted by molar-refractivity contribution is 0.425. The van der Waals surface area contributed by atoms with Crippen LogP contribution in [-0.4, -0.2) is 11.1 Å². The number of benzene rings is 1. The maximum atomic E-state index is 5.63. The fourth-order valence-corrected chi connectivity index (χ4v) is 2.54. The molecule has 0 saturated heterocycles. The normalized spacial score (nSPS) is 11.6. The number of rotatable bonds is 6. The number of nitrogens with two attached hydrogens (primary N) is 1. The second kappa shape index (κ2) is 6.05. The molecule has 0 radical (unpaired) electrons. The molecule has 2 nitrogen and oxygen atoms in total. The summed E-state index contributed by atoms with van der Waals surface area (Å²) in [7, 11) is 0. The van der Waals surface area contributed by atoms with Crippen LogP contribution in [0.15, 0.2) is 30.5 Å². The van der Waals surface area contributed by atoms with E-state index in [0.29, 0.717) is 0 Å². The molecule has 2 N–H and O–H groups in total. The maximum absolute atomic E-state index is 5.63. The third-order valence-electron chi connectivity index (χ3n) is 3.88. The van der Waals surface area contributed by atoms with Crippen molar-refractivity contribution in [1.29, 1.82) is 0 Å². The molecule has 0 fully saturated rings. The van der Waals surface area contributed by atoms with Crippen molar-refractivity contribution in [2.24, 2.45) is 11.7 Å². The van der Waals surface area contributed by atoms with Gasteiger partial charge >= 0.3 is 0 Å². The molecule has 1 aromatic carbocycles. The lowest BCUT2D eigenvalue weighted by atomic mass is 10.0. The van der Waals surface area contributed by atoms with Gasteiger partial charge in [-0.05, 0) is 42.0 Å². The van der Waals surface area contributed by atoms with E-state index in [-0.39, 0.29) is 0 Å². The molecule has 2 heteroatoms. The Morgan fingerprint density at radius 2 is 1.94 bits per heavy atom.